The van der Waals surface area contributed by atoms with Crippen molar-refractivity contribution in [1.29, 1.82) is 0 Å². The molecule has 2 aromatic rings. The summed E-state index contributed by atoms with van der Waals surface area (Å²) in [5, 5.41) is 2.91. The summed E-state index contributed by atoms with van der Waals surface area (Å²) in [6.45, 7) is 6.54. The first-order valence-corrected chi connectivity index (χ1v) is 12.7. The van der Waals surface area contributed by atoms with Gasteiger partial charge in [0.15, 0.2) is 0 Å². The molecule has 1 unspecified atom stereocenters. The highest BCUT2D eigenvalue weighted by atomic mass is 32.2. The van der Waals surface area contributed by atoms with Gasteiger partial charge in [0.2, 0.25) is 10.0 Å². The molecule has 0 bridgehead atoms. The number of benzene rings is 2. The van der Waals surface area contributed by atoms with E-state index in [0.29, 0.717) is 17.8 Å². The number of amides is 1. The number of morpholine rings is 1. The van der Waals surface area contributed by atoms with Crippen LogP contribution in [-0.4, -0.2) is 62.4 Å². The molecule has 0 spiro atoms. The molecule has 2 aliphatic rings. The minimum atomic E-state index is -3.63. The molecule has 1 amide bonds. The maximum absolute atomic E-state index is 13.1. The Bertz CT molecular complexity index is 1050. The van der Waals surface area contributed by atoms with Gasteiger partial charge < -0.3 is 10.1 Å². The quantitative estimate of drug-likeness (QED) is 0.720. The van der Waals surface area contributed by atoms with Gasteiger partial charge >= 0.3 is 0 Å². The highest BCUT2D eigenvalue weighted by Crippen LogP contribution is 2.26. The van der Waals surface area contributed by atoms with Crippen molar-refractivity contribution >= 4 is 21.6 Å². The topological polar surface area (TPSA) is 79.0 Å². The van der Waals surface area contributed by atoms with Gasteiger partial charge in [0.25, 0.3) is 5.91 Å². The lowest BCUT2D eigenvalue weighted by Crippen LogP contribution is -2.41. The summed E-state index contributed by atoms with van der Waals surface area (Å²) in [7, 11) is -3.63. The summed E-state index contributed by atoms with van der Waals surface area (Å²) < 4.78 is 33.2. The SMILES string of the molecule is CC1CCCCN1S(=O)(=O)c1cccc(C(=O)Nc2cccc(CN3CCOCC3)c2)c1. The van der Waals surface area contributed by atoms with Crippen LogP contribution in [0.25, 0.3) is 0 Å². The molecule has 8 heteroatoms. The van der Waals surface area contributed by atoms with E-state index in [-0.39, 0.29) is 16.8 Å². The van der Waals surface area contributed by atoms with E-state index in [1.54, 1.807) is 22.5 Å². The van der Waals surface area contributed by atoms with E-state index in [1.807, 2.05) is 31.2 Å². The van der Waals surface area contributed by atoms with E-state index in [9.17, 15) is 13.2 Å². The van der Waals surface area contributed by atoms with Crippen molar-refractivity contribution in [2.24, 2.45) is 0 Å². The summed E-state index contributed by atoms with van der Waals surface area (Å²) in [4.78, 5) is 15.4. The van der Waals surface area contributed by atoms with Crippen LogP contribution in [0.3, 0.4) is 0 Å². The Balaban J connectivity index is 1.47. The van der Waals surface area contributed by atoms with Crippen LogP contribution in [-0.2, 0) is 21.3 Å². The van der Waals surface area contributed by atoms with Gasteiger partial charge in [-0.15, -0.1) is 0 Å². The van der Waals surface area contributed by atoms with Crippen molar-refractivity contribution in [1.82, 2.24) is 9.21 Å². The normalized spacial score (nSPS) is 20.7. The van der Waals surface area contributed by atoms with Crippen molar-refractivity contribution < 1.29 is 17.9 Å². The molecule has 1 N–H and O–H groups in total. The van der Waals surface area contributed by atoms with Crippen molar-refractivity contribution in [3.05, 3.63) is 59.7 Å². The van der Waals surface area contributed by atoms with Gasteiger partial charge in [0, 0.05) is 43.5 Å². The third-order valence-corrected chi connectivity index (χ3v) is 8.15. The van der Waals surface area contributed by atoms with Gasteiger partial charge in [-0.1, -0.05) is 24.6 Å². The Morgan fingerprint density at radius 2 is 1.84 bits per heavy atom. The van der Waals surface area contributed by atoms with E-state index in [4.69, 9.17) is 4.74 Å². The number of hydrogen-bond acceptors (Lipinski definition) is 5. The molecule has 0 aromatic heterocycles. The first-order valence-electron chi connectivity index (χ1n) is 11.3. The second kappa shape index (κ2) is 10.1. The summed E-state index contributed by atoms with van der Waals surface area (Å²) in [6.07, 6.45) is 2.77. The van der Waals surface area contributed by atoms with E-state index < -0.39 is 10.0 Å². The minimum absolute atomic E-state index is 0.0274. The Kier molecular flexibility index (Phi) is 7.25. The molecular weight excluding hydrogens is 426 g/mol. The Morgan fingerprint density at radius 1 is 1.06 bits per heavy atom. The van der Waals surface area contributed by atoms with E-state index >= 15 is 0 Å². The Hall–Kier alpha value is -2.26. The molecular formula is C24H31N3O4S. The highest BCUT2D eigenvalue weighted by molar-refractivity contribution is 7.89. The molecule has 2 aromatic carbocycles. The second-order valence-electron chi connectivity index (χ2n) is 8.53. The number of sulfonamides is 1. The third-order valence-electron chi connectivity index (χ3n) is 6.14. The van der Waals surface area contributed by atoms with Gasteiger partial charge in [0.05, 0.1) is 18.1 Å². The molecule has 4 rings (SSSR count). The Morgan fingerprint density at radius 3 is 2.62 bits per heavy atom. The van der Waals surface area contributed by atoms with Crippen LogP contribution in [0.15, 0.2) is 53.4 Å². The summed E-state index contributed by atoms with van der Waals surface area (Å²) in [5.74, 6) is -0.322. The zero-order valence-corrected chi connectivity index (χ0v) is 19.3. The second-order valence-corrected chi connectivity index (χ2v) is 10.4. The van der Waals surface area contributed by atoms with Gasteiger partial charge in [-0.3, -0.25) is 9.69 Å². The third kappa shape index (κ3) is 5.38. The number of hydrogen-bond donors (Lipinski definition) is 1. The molecule has 7 nitrogen and oxygen atoms in total. The lowest BCUT2D eigenvalue weighted by atomic mass is 10.1. The van der Waals surface area contributed by atoms with Gasteiger partial charge in [-0.05, 0) is 55.7 Å². The number of carbonyl (C=O) groups is 1. The van der Waals surface area contributed by atoms with Crippen LogP contribution in [0, 0.1) is 0 Å². The number of carbonyl (C=O) groups excluding carboxylic acids is 1. The molecule has 1 atom stereocenters. The first kappa shape index (κ1) is 22.9. The fourth-order valence-corrected chi connectivity index (χ4v) is 6.08. The maximum Gasteiger partial charge on any atom is 0.255 e. The fraction of sp³-hybridized carbons (Fsp3) is 0.458. The average molecular weight is 458 g/mol. The number of rotatable bonds is 6. The van der Waals surface area contributed by atoms with Crippen LogP contribution in [0.5, 0.6) is 0 Å². The number of piperidine rings is 1. The zero-order valence-electron chi connectivity index (χ0n) is 18.5. The van der Waals surface area contributed by atoms with Gasteiger partial charge in [-0.25, -0.2) is 8.42 Å². The molecule has 2 saturated heterocycles. The molecule has 0 saturated carbocycles. The fourth-order valence-electron chi connectivity index (χ4n) is 4.33. The molecule has 2 aliphatic heterocycles. The highest BCUT2D eigenvalue weighted by Gasteiger charge is 2.31. The van der Waals surface area contributed by atoms with E-state index in [2.05, 4.69) is 10.2 Å². The van der Waals surface area contributed by atoms with Gasteiger partial charge in [0.1, 0.15) is 0 Å². The number of anilines is 1. The lowest BCUT2D eigenvalue weighted by Gasteiger charge is -2.32. The predicted molar refractivity (Wildman–Crippen MR) is 124 cm³/mol. The summed E-state index contributed by atoms with van der Waals surface area (Å²) >= 11 is 0. The van der Waals surface area contributed by atoms with Crippen LogP contribution in [0.1, 0.15) is 42.1 Å². The van der Waals surface area contributed by atoms with Crippen molar-refractivity contribution in [3.8, 4) is 0 Å². The predicted octanol–water partition coefficient (Wildman–Crippen LogP) is 3.33. The smallest absolute Gasteiger partial charge is 0.255 e. The van der Waals surface area contributed by atoms with Crippen LogP contribution < -0.4 is 5.32 Å². The molecule has 32 heavy (non-hydrogen) atoms. The number of nitrogens with zero attached hydrogens (tertiary/aromatic N) is 2. The average Bonchev–Trinajstić information content (AvgIpc) is 2.80. The number of ether oxygens (including phenoxy) is 1. The van der Waals surface area contributed by atoms with Crippen LogP contribution in [0.2, 0.25) is 0 Å². The lowest BCUT2D eigenvalue weighted by molar-refractivity contribution is 0.0342. The van der Waals surface area contributed by atoms with Crippen molar-refractivity contribution in [2.75, 3.05) is 38.2 Å². The summed E-state index contributed by atoms with van der Waals surface area (Å²) in [5.41, 5.74) is 2.13. The standard InChI is InChI=1S/C24H31N3O4S/c1-19-6-2-3-11-27(19)32(29,30)23-10-5-8-21(17-23)24(28)25-22-9-4-7-20(16-22)18-26-12-14-31-15-13-26/h4-5,7-10,16-17,19H,2-3,6,11-15,18H2,1H3,(H,25,28). The van der Waals surface area contributed by atoms with Crippen molar-refractivity contribution in [2.45, 2.75) is 43.7 Å². The molecule has 172 valence electrons. The summed E-state index contributed by atoms with van der Waals surface area (Å²) in [6, 6.07) is 14.1. The molecule has 2 heterocycles. The zero-order chi connectivity index (χ0) is 22.6. The largest absolute Gasteiger partial charge is 0.379 e. The van der Waals surface area contributed by atoms with Crippen LogP contribution in [0.4, 0.5) is 5.69 Å². The number of nitrogens with one attached hydrogen (secondary N) is 1. The molecule has 2 fully saturated rings. The van der Waals surface area contributed by atoms with E-state index in [1.165, 1.54) is 6.07 Å². The first-order chi connectivity index (χ1) is 15.4. The maximum atomic E-state index is 13.1. The molecule has 0 radical (unpaired) electrons. The molecule has 0 aliphatic carbocycles. The van der Waals surface area contributed by atoms with Crippen molar-refractivity contribution in [3.63, 3.8) is 0 Å². The van der Waals surface area contributed by atoms with Gasteiger partial charge in [-0.2, -0.15) is 4.31 Å². The van der Waals surface area contributed by atoms with Crippen LogP contribution >= 0.6 is 0 Å². The Labute approximate surface area is 190 Å². The monoisotopic (exact) mass is 457 g/mol. The minimum Gasteiger partial charge on any atom is -0.379 e. The van der Waals surface area contributed by atoms with E-state index in [0.717, 1.165) is 57.7 Å².